The molecule has 5 heteroatoms. The SMILES string of the molecule is CCc1nn(CC)c(CC(=O)CNC(C)C)c1Br. The highest BCUT2D eigenvalue weighted by molar-refractivity contribution is 9.10. The highest BCUT2D eigenvalue weighted by Crippen LogP contribution is 2.22. The lowest BCUT2D eigenvalue weighted by molar-refractivity contribution is -0.117. The van der Waals surface area contributed by atoms with Crippen molar-refractivity contribution < 1.29 is 4.79 Å². The molecule has 1 aromatic heterocycles. The molecule has 0 unspecified atom stereocenters. The molecule has 1 aromatic rings. The monoisotopic (exact) mass is 315 g/mol. The van der Waals surface area contributed by atoms with Crippen LogP contribution in [0.25, 0.3) is 0 Å². The van der Waals surface area contributed by atoms with Gasteiger partial charge in [-0.15, -0.1) is 0 Å². The minimum absolute atomic E-state index is 0.196. The van der Waals surface area contributed by atoms with Crippen LogP contribution in [-0.2, 0) is 24.2 Å². The van der Waals surface area contributed by atoms with Gasteiger partial charge in [0.05, 0.1) is 28.8 Å². The van der Waals surface area contributed by atoms with Gasteiger partial charge < -0.3 is 5.32 Å². The number of ketones is 1. The van der Waals surface area contributed by atoms with Gasteiger partial charge in [0.15, 0.2) is 5.78 Å². The van der Waals surface area contributed by atoms with Crippen LogP contribution >= 0.6 is 15.9 Å². The molecule has 0 aliphatic rings. The van der Waals surface area contributed by atoms with Gasteiger partial charge in [-0.05, 0) is 29.3 Å². The lowest BCUT2D eigenvalue weighted by Crippen LogP contribution is -2.30. The van der Waals surface area contributed by atoms with Crippen molar-refractivity contribution in [1.29, 1.82) is 0 Å². The average molecular weight is 316 g/mol. The van der Waals surface area contributed by atoms with Crippen molar-refractivity contribution in [2.75, 3.05) is 6.54 Å². The minimum Gasteiger partial charge on any atom is -0.308 e. The van der Waals surface area contributed by atoms with Crippen LogP contribution in [0.4, 0.5) is 0 Å². The maximum absolute atomic E-state index is 11.9. The topological polar surface area (TPSA) is 46.9 Å². The summed E-state index contributed by atoms with van der Waals surface area (Å²) in [6.07, 6.45) is 1.31. The van der Waals surface area contributed by atoms with E-state index in [-0.39, 0.29) is 5.78 Å². The van der Waals surface area contributed by atoms with Crippen LogP contribution in [0.15, 0.2) is 4.47 Å². The summed E-state index contributed by atoms with van der Waals surface area (Å²) in [5.41, 5.74) is 2.02. The summed E-state index contributed by atoms with van der Waals surface area (Å²) in [6, 6.07) is 0.333. The molecule has 1 heterocycles. The first-order valence-electron chi connectivity index (χ1n) is 6.48. The molecule has 0 spiro atoms. The summed E-state index contributed by atoms with van der Waals surface area (Å²) >= 11 is 3.56. The van der Waals surface area contributed by atoms with E-state index in [9.17, 15) is 4.79 Å². The number of aryl methyl sites for hydroxylation is 2. The molecule has 0 fully saturated rings. The Morgan fingerprint density at radius 2 is 2.11 bits per heavy atom. The van der Waals surface area contributed by atoms with Crippen molar-refractivity contribution in [3.05, 3.63) is 15.9 Å². The summed E-state index contributed by atoms with van der Waals surface area (Å²) in [5.74, 6) is 0.196. The quantitative estimate of drug-likeness (QED) is 0.840. The van der Waals surface area contributed by atoms with E-state index in [0.717, 1.165) is 28.8 Å². The van der Waals surface area contributed by atoms with E-state index < -0.39 is 0 Å². The molecule has 102 valence electrons. The second kappa shape index (κ2) is 7.04. The first-order valence-corrected chi connectivity index (χ1v) is 7.27. The van der Waals surface area contributed by atoms with Crippen LogP contribution in [0, 0.1) is 0 Å². The van der Waals surface area contributed by atoms with E-state index >= 15 is 0 Å². The van der Waals surface area contributed by atoms with Crippen molar-refractivity contribution in [3.8, 4) is 0 Å². The van der Waals surface area contributed by atoms with Crippen molar-refractivity contribution >= 4 is 21.7 Å². The zero-order valence-corrected chi connectivity index (χ0v) is 13.2. The third-order valence-corrected chi connectivity index (χ3v) is 3.68. The predicted molar refractivity (Wildman–Crippen MR) is 76.8 cm³/mol. The number of hydrogen-bond acceptors (Lipinski definition) is 3. The number of carbonyl (C=O) groups excluding carboxylic acids is 1. The Morgan fingerprint density at radius 1 is 1.44 bits per heavy atom. The van der Waals surface area contributed by atoms with Gasteiger partial charge in [0.1, 0.15) is 0 Å². The number of aromatic nitrogens is 2. The number of hydrogen-bond donors (Lipinski definition) is 1. The fraction of sp³-hybridized carbons (Fsp3) is 0.692. The number of Topliss-reactive ketones (excluding diaryl/α,β-unsaturated/α-hetero) is 1. The predicted octanol–water partition coefficient (Wildman–Crippen LogP) is 2.34. The molecule has 0 aliphatic carbocycles. The molecule has 4 nitrogen and oxygen atoms in total. The Kier molecular flexibility index (Phi) is 6.02. The molecule has 0 aromatic carbocycles. The van der Waals surface area contributed by atoms with Gasteiger partial charge in [-0.25, -0.2) is 0 Å². The van der Waals surface area contributed by atoms with Gasteiger partial charge in [0, 0.05) is 12.6 Å². The lowest BCUT2D eigenvalue weighted by Gasteiger charge is -2.08. The Labute approximate surface area is 117 Å². The van der Waals surface area contributed by atoms with Crippen LogP contribution in [0.1, 0.15) is 39.1 Å². The zero-order valence-electron chi connectivity index (χ0n) is 11.6. The van der Waals surface area contributed by atoms with E-state index in [4.69, 9.17) is 0 Å². The van der Waals surface area contributed by atoms with Crippen molar-refractivity contribution in [2.45, 2.75) is 53.1 Å². The van der Waals surface area contributed by atoms with E-state index in [1.165, 1.54) is 0 Å². The van der Waals surface area contributed by atoms with Gasteiger partial charge in [0.25, 0.3) is 0 Å². The fourth-order valence-corrected chi connectivity index (χ4v) is 2.46. The second-order valence-electron chi connectivity index (χ2n) is 4.63. The van der Waals surface area contributed by atoms with Crippen LogP contribution in [-0.4, -0.2) is 28.2 Å². The third kappa shape index (κ3) is 3.92. The molecule has 1 rings (SSSR count). The number of halogens is 1. The number of carbonyl (C=O) groups is 1. The van der Waals surface area contributed by atoms with Crippen LogP contribution in [0.5, 0.6) is 0 Å². The fourth-order valence-electron chi connectivity index (χ4n) is 1.75. The minimum atomic E-state index is 0.196. The van der Waals surface area contributed by atoms with Crippen LogP contribution in [0.3, 0.4) is 0 Å². The molecule has 0 bridgehead atoms. The molecule has 0 saturated carbocycles. The van der Waals surface area contributed by atoms with Gasteiger partial charge in [0.2, 0.25) is 0 Å². The zero-order chi connectivity index (χ0) is 13.7. The highest BCUT2D eigenvalue weighted by Gasteiger charge is 2.16. The maximum Gasteiger partial charge on any atom is 0.152 e. The second-order valence-corrected chi connectivity index (χ2v) is 5.42. The summed E-state index contributed by atoms with van der Waals surface area (Å²) in [7, 11) is 0. The van der Waals surface area contributed by atoms with E-state index in [1.54, 1.807) is 0 Å². The lowest BCUT2D eigenvalue weighted by atomic mass is 10.2. The molecular weight excluding hydrogens is 294 g/mol. The van der Waals surface area contributed by atoms with Crippen molar-refractivity contribution in [2.24, 2.45) is 0 Å². The van der Waals surface area contributed by atoms with Crippen molar-refractivity contribution in [3.63, 3.8) is 0 Å². The first-order chi connectivity index (χ1) is 8.49. The molecule has 0 saturated heterocycles. The number of nitrogens with one attached hydrogen (secondary N) is 1. The highest BCUT2D eigenvalue weighted by atomic mass is 79.9. The first kappa shape index (κ1) is 15.4. The molecule has 1 N–H and O–H groups in total. The molecular formula is C13H22BrN3O. The van der Waals surface area contributed by atoms with Gasteiger partial charge in [-0.1, -0.05) is 20.8 Å². The van der Waals surface area contributed by atoms with E-state index in [0.29, 0.717) is 19.0 Å². The third-order valence-electron chi connectivity index (χ3n) is 2.77. The molecule has 0 radical (unpaired) electrons. The van der Waals surface area contributed by atoms with Gasteiger partial charge in [-0.2, -0.15) is 5.10 Å². The summed E-state index contributed by atoms with van der Waals surface area (Å²) in [4.78, 5) is 11.9. The molecule has 0 aliphatic heterocycles. The largest absolute Gasteiger partial charge is 0.308 e. The summed E-state index contributed by atoms with van der Waals surface area (Å²) in [5, 5.41) is 7.64. The Hall–Kier alpha value is -0.680. The van der Waals surface area contributed by atoms with E-state index in [1.807, 2.05) is 25.5 Å². The number of nitrogens with zero attached hydrogens (tertiary/aromatic N) is 2. The maximum atomic E-state index is 11.9. The molecule has 0 amide bonds. The van der Waals surface area contributed by atoms with E-state index in [2.05, 4.69) is 33.3 Å². The summed E-state index contributed by atoms with van der Waals surface area (Å²) in [6.45, 7) is 9.39. The van der Waals surface area contributed by atoms with Gasteiger partial charge in [-0.3, -0.25) is 9.48 Å². The average Bonchev–Trinajstić information content (AvgIpc) is 2.63. The Balaban J connectivity index is 2.77. The standard InChI is InChI=1S/C13H22BrN3O/c1-5-11-13(14)12(17(6-2)16-11)7-10(18)8-15-9(3)4/h9,15H,5-8H2,1-4H3. The summed E-state index contributed by atoms with van der Waals surface area (Å²) < 4.78 is 2.90. The van der Waals surface area contributed by atoms with Crippen molar-refractivity contribution in [1.82, 2.24) is 15.1 Å². The number of rotatable bonds is 7. The van der Waals surface area contributed by atoms with Crippen LogP contribution in [0.2, 0.25) is 0 Å². The Morgan fingerprint density at radius 3 is 2.61 bits per heavy atom. The molecule has 0 atom stereocenters. The smallest absolute Gasteiger partial charge is 0.152 e. The molecule has 18 heavy (non-hydrogen) atoms. The normalized spacial score (nSPS) is 11.2. The Bertz CT molecular complexity index is 413. The van der Waals surface area contributed by atoms with Crippen LogP contribution < -0.4 is 5.32 Å². The van der Waals surface area contributed by atoms with Gasteiger partial charge >= 0.3 is 0 Å².